The number of thioether (sulfide) groups is 1. The standard InChI is InChI=1S/C17H24ClN5OS.3ClH/c18-14-2-1-3-19-16(14)22-6-4-21(5-7-22)13-10-15(20-11-13)17(24)23-8-9-25-12-23;;;/h1-3,13,15,20H,4-12H2;3*1H/t13-,15-;;;/m0.../s1. The Morgan fingerprint density at radius 3 is 2.57 bits per heavy atom. The van der Waals surface area contributed by atoms with Gasteiger partial charge in [0.15, 0.2) is 0 Å². The molecule has 3 fully saturated rings. The number of halogens is 4. The summed E-state index contributed by atoms with van der Waals surface area (Å²) in [4.78, 5) is 23.7. The van der Waals surface area contributed by atoms with Crippen LogP contribution in [-0.4, -0.2) is 83.7 Å². The van der Waals surface area contributed by atoms with E-state index in [1.807, 2.05) is 28.8 Å². The molecule has 0 saturated carbocycles. The van der Waals surface area contributed by atoms with Gasteiger partial charge in [0.2, 0.25) is 5.91 Å². The van der Waals surface area contributed by atoms with Crippen molar-refractivity contribution in [3.63, 3.8) is 0 Å². The van der Waals surface area contributed by atoms with E-state index in [4.69, 9.17) is 11.6 Å². The summed E-state index contributed by atoms with van der Waals surface area (Å²) < 4.78 is 0. The largest absolute Gasteiger partial charge is 0.353 e. The Balaban J connectivity index is 0.00000131. The van der Waals surface area contributed by atoms with Crippen molar-refractivity contribution in [2.45, 2.75) is 18.5 Å². The van der Waals surface area contributed by atoms with Gasteiger partial charge in [-0.2, -0.15) is 0 Å². The number of aromatic nitrogens is 1. The lowest BCUT2D eigenvalue weighted by Gasteiger charge is -2.38. The smallest absolute Gasteiger partial charge is 0.240 e. The summed E-state index contributed by atoms with van der Waals surface area (Å²) in [6.07, 6.45) is 2.71. The Morgan fingerprint density at radius 1 is 1.18 bits per heavy atom. The molecule has 1 amide bonds. The summed E-state index contributed by atoms with van der Waals surface area (Å²) in [5.74, 6) is 3.09. The van der Waals surface area contributed by atoms with Crippen molar-refractivity contribution >= 4 is 72.3 Å². The predicted octanol–water partition coefficient (Wildman–Crippen LogP) is 2.39. The van der Waals surface area contributed by atoms with Crippen LogP contribution in [0.5, 0.6) is 0 Å². The number of nitrogens with one attached hydrogen (secondary N) is 1. The first-order chi connectivity index (χ1) is 12.2. The van der Waals surface area contributed by atoms with Crippen LogP contribution in [0.1, 0.15) is 6.42 Å². The van der Waals surface area contributed by atoms with Crippen molar-refractivity contribution in [3.05, 3.63) is 23.4 Å². The molecule has 11 heteroatoms. The molecule has 2 atom stereocenters. The summed E-state index contributed by atoms with van der Waals surface area (Å²) >= 11 is 8.11. The van der Waals surface area contributed by atoms with Crippen LogP contribution in [-0.2, 0) is 4.79 Å². The van der Waals surface area contributed by atoms with Gasteiger partial charge in [-0.15, -0.1) is 49.0 Å². The van der Waals surface area contributed by atoms with Gasteiger partial charge in [-0.05, 0) is 18.6 Å². The van der Waals surface area contributed by atoms with Gasteiger partial charge in [-0.3, -0.25) is 9.69 Å². The minimum absolute atomic E-state index is 0. The molecule has 0 spiro atoms. The lowest BCUT2D eigenvalue weighted by atomic mass is 10.1. The highest BCUT2D eigenvalue weighted by atomic mass is 35.5. The van der Waals surface area contributed by atoms with E-state index in [1.165, 1.54) is 0 Å². The van der Waals surface area contributed by atoms with Crippen LogP contribution >= 0.6 is 60.6 Å². The van der Waals surface area contributed by atoms with Gasteiger partial charge < -0.3 is 15.1 Å². The molecular formula is C17H27Cl4N5OS. The zero-order valence-corrected chi connectivity index (χ0v) is 19.5. The second-order valence-electron chi connectivity index (χ2n) is 6.82. The normalized spacial score (nSPS) is 24.9. The maximum absolute atomic E-state index is 12.6. The van der Waals surface area contributed by atoms with Crippen molar-refractivity contribution in [3.8, 4) is 0 Å². The number of amides is 1. The second kappa shape index (κ2) is 11.9. The molecule has 28 heavy (non-hydrogen) atoms. The van der Waals surface area contributed by atoms with Crippen LogP contribution in [0.3, 0.4) is 0 Å². The van der Waals surface area contributed by atoms with Gasteiger partial charge in [-0.1, -0.05) is 11.6 Å². The minimum Gasteiger partial charge on any atom is -0.353 e. The molecule has 0 radical (unpaired) electrons. The number of rotatable bonds is 3. The third-order valence-corrected chi connectivity index (χ3v) is 6.60. The Labute approximate surface area is 194 Å². The quantitative estimate of drug-likeness (QED) is 0.701. The first-order valence-electron chi connectivity index (χ1n) is 8.92. The Bertz CT molecular complexity index is 629. The fourth-order valence-corrected chi connectivity index (χ4v) is 5.10. The molecule has 4 rings (SSSR count). The molecule has 4 heterocycles. The molecule has 0 unspecified atom stereocenters. The first kappa shape index (κ1) is 25.9. The topological polar surface area (TPSA) is 51.7 Å². The Morgan fingerprint density at radius 2 is 1.93 bits per heavy atom. The van der Waals surface area contributed by atoms with Gasteiger partial charge in [-0.25, -0.2) is 4.98 Å². The number of carbonyl (C=O) groups excluding carboxylic acids is 1. The van der Waals surface area contributed by atoms with Crippen LogP contribution in [0.4, 0.5) is 5.82 Å². The number of anilines is 1. The maximum Gasteiger partial charge on any atom is 0.240 e. The van der Waals surface area contributed by atoms with Crippen LogP contribution in [0.15, 0.2) is 18.3 Å². The number of piperazine rings is 1. The van der Waals surface area contributed by atoms with E-state index >= 15 is 0 Å². The maximum atomic E-state index is 12.6. The lowest BCUT2D eigenvalue weighted by molar-refractivity contribution is -0.131. The first-order valence-corrected chi connectivity index (χ1v) is 10.4. The zero-order valence-electron chi connectivity index (χ0n) is 15.5. The number of hydrogen-bond acceptors (Lipinski definition) is 6. The molecule has 1 aromatic heterocycles. The van der Waals surface area contributed by atoms with Crippen LogP contribution < -0.4 is 10.2 Å². The summed E-state index contributed by atoms with van der Waals surface area (Å²) in [5, 5.41) is 4.16. The Hall–Kier alpha value is -0.150. The third kappa shape index (κ3) is 5.72. The van der Waals surface area contributed by atoms with Gasteiger partial charge >= 0.3 is 0 Å². The monoisotopic (exact) mass is 489 g/mol. The second-order valence-corrected chi connectivity index (χ2v) is 8.30. The fraction of sp³-hybridized carbons (Fsp3) is 0.647. The minimum atomic E-state index is -0.00744. The number of nitrogens with zero attached hydrogens (tertiary/aromatic N) is 4. The number of carbonyl (C=O) groups is 1. The highest BCUT2D eigenvalue weighted by Crippen LogP contribution is 2.25. The summed E-state index contributed by atoms with van der Waals surface area (Å²) in [6, 6.07) is 4.20. The van der Waals surface area contributed by atoms with Crippen molar-refractivity contribution in [1.29, 1.82) is 0 Å². The summed E-state index contributed by atoms with van der Waals surface area (Å²) in [6.45, 7) is 5.63. The highest BCUT2D eigenvalue weighted by molar-refractivity contribution is 7.99. The number of hydrogen-bond donors (Lipinski definition) is 1. The highest BCUT2D eigenvalue weighted by Gasteiger charge is 2.36. The van der Waals surface area contributed by atoms with E-state index in [1.54, 1.807) is 6.20 Å². The van der Waals surface area contributed by atoms with E-state index in [0.29, 0.717) is 11.1 Å². The van der Waals surface area contributed by atoms with Gasteiger partial charge in [0.1, 0.15) is 5.82 Å². The molecule has 3 aliphatic rings. The predicted molar refractivity (Wildman–Crippen MR) is 124 cm³/mol. The third-order valence-electron chi connectivity index (χ3n) is 5.34. The van der Waals surface area contributed by atoms with Crippen molar-refractivity contribution in [1.82, 2.24) is 20.1 Å². The van der Waals surface area contributed by atoms with E-state index in [0.717, 1.165) is 63.1 Å². The van der Waals surface area contributed by atoms with Crippen LogP contribution in [0.2, 0.25) is 5.02 Å². The van der Waals surface area contributed by atoms with Crippen LogP contribution in [0.25, 0.3) is 0 Å². The summed E-state index contributed by atoms with van der Waals surface area (Å²) in [5.41, 5.74) is 0. The van der Waals surface area contributed by atoms with Gasteiger partial charge in [0, 0.05) is 57.3 Å². The fourth-order valence-electron chi connectivity index (χ4n) is 3.90. The molecule has 3 aliphatic heterocycles. The molecular weight excluding hydrogens is 464 g/mol. The molecule has 0 bridgehead atoms. The average Bonchev–Trinajstić information content (AvgIpc) is 3.34. The van der Waals surface area contributed by atoms with E-state index in [9.17, 15) is 4.79 Å². The van der Waals surface area contributed by atoms with Gasteiger partial charge in [0.05, 0.1) is 16.9 Å². The molecule has 3 saturated heterocycles. The molecule has 0 aliphatic carbocycles. The molecule has 6 nitrogen and oxygen atoms in total. The van der Waals surface area contributed by atoms with E-state index in [2.05, 4.69) is 20.1 Å². The molecule has 0 aromatic carbocycles. The Kier molecular flexibility index (Phi) is 11.0. The number of pyridine rings is 1. The lowest BCUT2D eigenvalue weighted by Crippen LogP contribution is -2.51. The van der Waals surface area contributed by atoms with Crippen molar-refractivity contribution in [2.75, 3.05) is 55.8 Å². The van der Waals surface area contributed by atoms with E-state index in [-0.39, 0.29) is 49.2 Å². The van der Waals surface area contributed by atoms with E-state index < -0.39 is 0 Å². The molecule has 160 valence electrons. The van der Waals surface area contributed by atoms with Gasteiger partial charge in [0.25, 0.3) is 0 Å². The van der Waals surface area contributed by atoms with Crippen LogP contribution in [0, 0.1) is 0 Å². The van der Waals surface area contributed by atoms with Crippen molar-refractivity contribution in [2.24, 2.45) is 0 Å². The SMILES string of the molecule is Cl.Cl.Cl.O=C([C@@H]1C[C@H](N2CCN(c3ncccc3Cl)CC2)CN1)N1CCSC1. The summed E-state index contributed by atoms with van der Waals surface area (Å²) in [7, 11) is 0. The average molecular weight is 491 g/mol. The zero-order chi connectivity index (χ0) is 17.2. The molecule has 1 N–H and O–H groups in total. The van der Waals surface area contributed by atoms with Crippen molar-refractivity contribution < 1.29 is 4.79 Å². The molecule has 1 aromatic rings.